The first-order valence-corrected chi connectivity index (χ1v) is 7.75. The molecular formula is C17H18N2O7. The lowest BCUT2D eigenvalue weighted by Crippen LogP contribution is -2.32. The van der Waals surface area contributed by atoms with Crippen LogP contribution in [0.15, 0.2) is 34.7 Å². The van der Waals surface area contributed by atoms with Crippen LogP contribution in [0.2, 0.25) is 0 Å². The van der Waals surface area contributed by atoms with Crippen LogP contribution in [-0.2, 0) is 9.53 Å². The molecule has 0 radical (unpaired) electrons. The third-order valence-electron chi connectivity index (χ3n) is 3.32. The van der Waals surface area contributed by atoms with Crippen LogP contribution < -0.4 is 10.1 Å². The van der Waals surface area contributed by atoms with Crippen LogP contribution in [-0.4, -0.2) is 36.6 Å². The number of ether oxygens (including phenoxy) is 2. The van der Waals surface area contributed by atoms with Gasteiger partial charge in [0.05, 0.1) is 12.6 Å². The number of furan rings is 1. The highest BCUT2D eigenvalue weighted by atomic mass is 16.7. The number of rotatable bonds is 8. The summed E-state index contributed by atoms with van der Waals surface area (Å²) >= 11 is 0. The van der Waals surface area contributed by atoms with Gasteiger partial charge >= 0.3 is 11.9 Å². The Labute approximate surface area is 149 Å². The number of amides is 1. The molecule has 0 spiro atoms. The van der Waals surface area contributed by atoms with Crippen molar-refractivity contribution < 1.29 is 28.4 Å². The lowest BCUT2D eigenvalue weighted by atomic mass is 10.1. The van der Waals surface area contributed by atoms with E-state index in [-0.39, 0.29) is 18.9 Å². The lowest BCUT2D eigenvalue weighted by molar-refractivity contribution is -0.402. The summed E-state index contributed by atoms with van der Waals surface area (Å²) in [6.07, 6.45) is 0. The minimum Gasteiger partial charge on any atom is -0.491 e. The number of aryl methyl sites for hydroxylation is 2. The van der Waals surface area contributed by atoms with Crippen molar-refractivity contribution >= 4 is 17.8 Å². The van der Waals surface area contributed by atoms with Gasteiger partial charge in [0.25, 0.3) is 5.91 Å². The van der Waals surface area contributed by atoms with Gasteiger partial charge in [-0.05, 0) is 31.5 Å². The molecule has 9 heteroatoms. The van der Waals surface area contributed by atoms with Crippen LogP contribution in [0.1, 0.15) is 21.7 Å². The van der Waals surface area contributed by atoms with Crippen LogP contribution in [0, 0.1) is 24.0 Å². The van der Waals surface area contributed by atoms with Crippen molar-refractivity contribution in [3.63, 3.8) is 0 Å². The number of benzene rings is 1. The van der Waals surface area contributed by atoms with E-state index in [1.807, 2.05) is 32.0 Å². The van der Waals surface area contributed by atoms with E-state index >= 15 is 0 Å². The molecule has 0 unspecified atom stereocenters. The molecular weight excluding hydrogens is 344 g/mol. The molecule has 1 heterocycles. The third kappa shape index (κ3) is 5.33. The van der Waals surface area contributed by atoms with E-state index in [9.17, 15) is 19.7 Å². The second kappa shape index (κ2) is 8.65. The largest absolute Gasteiger partial charge is 0.491 e. The summed E-state index contributed by atoms with van der Waals surface area (Å²) in [7, 11) is 0. The fourth-order valence-corrected chi connectivity index (χ4v) is 2.10. The van der Waals surface area contributed by atoms with E-state index in [4.69, 9.17) is 9.47 Å². The van der Waals surface area contributed by atoms with Crippen molar-refractivity contribution in [1.29, 1.82) is 0 Å². The molecule has 1 aromatic heterocycles. The standard InChI is InChI=1S/C17H18N2O7/c1-11-3-4-13(12(2)9-11)24-8-7-18-15(20)10-25-17(21)14-5-6-16(26-14)19(22)23/h3-6,9H,7-8,10H2,1-2H3,(H,18,20). The van der Waals surface area contributed by atoms with E-state index in [0.717, 1.165) is 29.0 Å². The average molecular weight is 362 g/mol. The molecule has 0 aliphatic carbocycles. The highest BCUT2D eigenvalue weighted by Crippen LogP contribution is 2.18. The van der Waals surface area contributed by atoms with Gasteiger partial charge in [-0.3, -0.25) is 14.9 Å². The molecule has 0 aliphatic rings. The summed E-state index contributed by atoms with van der Waals surface area (Å²) in [5.74, 6) is -1.67. The van der Waals surface area contributed by atoms with Crippen LogP contribution in [0.25, 0.3) is 0 Å². The molecule has 0 saturated heterocycles. The number of esters is 1. The quantitative estimate of drug-likeness (QED) is 0.330. The molecule has 138 valence electrons. The van der Waals surface area contributed by atoms with Gasteiger partial charge in [0.1, 0.15) is 17.3 Å². The Kier molecular flexibility index (Phi) is 6.31. The zero-order valence-corrected chi connectivity index (χ0v) is 14.3. The fourth-order valence-electron chi connectivity index (χ4n) is 2.10. The smallest absolute Gasteiger partial charge is 0.433 e. The summed E-state index contributed by atoms with van der Waals surface area (Å²) in [4.78, 5) is 32.9. The molecule has 0 atom stereocenters. The number of nitrogens with zero attached hydrogens (tertiary/aromatic N) is 1. The summed E-state index contributed by atoms with van der Waals surface area (Å²) in [6, 6.07) is 7.92. The molecule has 26 heavy (non-hydrogen) atoms. The van der Waals surface area contributed by atoms with Gasteiger partial charge in [0.2, 0.25) is 5.76 Å². The summed E-state index contributed by atoms with van der Waals surface area (Å²) in [6.45, 7) is 3.87. The Hall–Kier alpha value is -3.36. The minimum atomic E-state index is -0.959. The van der Waals surface area contributed by atoms with Crippen molar-refractivity contribution in [3.05, 3.63) is 57.3 Å². The SMILES string of the molecule is Cc1ccc(OCCNC(=O)COC(=O)c2ccc([N+](=O)[O-])o2)c(C)c1. The Balaban J connectivity index is 1.68. The van der Waals surface area contributed by atoms with Gasteiger partial charge in [-0.1, -0.05) is 17.7 Å². The molecule has 1 aromatic carbocycles. The van der Waals surface area contributed by atoms with Gasteiger partial charge in [0, 0.05) is 0 Å². The van der Waals surface area contributed by atoms with Crippen molar-refractivity contribution in [2.75, 3.05) is 19.8 Å². The number of nitro groups is 1. The highest BCUT2D eigenvalue weighted by molar-refractivity contribution is 5.89. The van der Waals surface area contributed by atoms with E-state index in [1.165, 1.54) is 0 Å². The topological polar surface area (TPSA) is 121 Å². The molecule has 2 rings (SSSR count). The molecule has 0 fully saturated rings. The Morgan fingerprint density at radius 2 is 2.00 bits per heavy atom. The molecule has 2 aromatic rings. The van der Waals surface area contributed by atoms with Crippen LogP contribution in [0.5, 0.6) is 5.75 Å². The van der Waals surface area contributed by atoms with Crippen LogP contribution in [0.4, 0.5) is 5.88 Å². The van der Waals surface area contributed by atoms with Gasteiger partial charge in [-0.2, -0.15) is 0 Å². The van der Waals surface area contributed by atoms with Gasteiger partial charge in [-0.25, -0.2) is 4.79 Å². The first kappa shape index (κ1) is 19.0. The molecule has 0 aliphatic heterocycles. The van der Waals surface area contributed by atoms with Gasteiger partial charge < -0.3 is 19.2 Å². The number of hydrogen-bond acceptors (Lipinski definition) is 7. The normalized spacial score (nSPS) is 10.2. The Morgan fingerprint density at radius 3 is 2.65 bits per heavy atom. The highest BCUT2D eigenvalue weighted by Gasteiger charge is 2.19. The first-order valence-electron chi connectivity index (χ1n) is 7.75. The van der Waals surface area contributed by atoms with Crippen molar-refractivity contribution in [2.45, 2.75) is 13.8 Å². The van der Waals surface area contributed by atoms with E-state index in [1.54, 1.807) is 0 Å². The molecule has 9 nitrogen and oxygen atoms in total. The zero-order chi connectivity index (χ0) is 19.1. The average Bonchev–Trinajstić information content (AvgIpc) is 3.08. The van der Waals surface area contributed by atoms with E-state index in [0.29, 0.717) is 0 Å². The minimum absolute atomic E-state index is 0.232. The number of nitrogens with one attached hydrogen (secondary N) is 1. The predicted octanol–water partition coefficient (Wildman–Crippen LogP) is 2.16. The summed E-state index contributed by atoms with van der Waals surface area (Å²) in [5, 5.41) is 13.0. The van der Waals surface area contributed by atoms with Gasteiger partial charge in [-0.15, -0.1) is 0 Å². The van der Waals surface area contributed by atoms with Gasteiger partial charge in [0.15, 0.2) is 6.61 Å². The van der Waals surface area contributed by atoms with Crippen LogP contribution >= 0.6 is 0 Å². The maximum Gasteiger partial charge on any atom is 0.433 e. The maximum atomic E-state index is 11.6. The zero-order valence-electron chi connectivity index (χ0n) is 14.3. The number of carbonyl (C=O) groups excluding carboxylic acids is 2. The third-order valence-corrected chi connectivity index (χ3v) is 3.32. The van der Waals surface area contributed by atoms with Crippen LogP contribution in [0.3, 0.4) is 0 Å². The first-order chi connectivity index (χ1) is 12.4. The monoisotopic (exact) mass is 362 g/mol. The molecule has 1 amide bonds. The van der Waals surface area contributed by atoms with E-state index < -0.39 is 29.3 Å². The van der Waals surface area contributed by atoms with Crippen molar-refractivity contribution in [3.8, 4) is 5.75 Å². The Morgan fingerprint density at radius 1 is 1.23 bits per heavy atom. The molecule has 0 bridgehead atoms. The predicted molar refractivity (Wildman–Crippen MR) is 90.1 cm³/mol. The summed E-state index contributed by atoms with van der Waals surface area (Å²) in [5.41, 5.74) is 2.13. The summed E-state index contributed by atoms with van der Waals surface area (Å²) < 4.78 is 15.0. The number of hydrogen-bond donors (Lipinski definition) is 1. The van der Waals surface area contributed by atoms with E-state index in [2.05, 4.69) is 9.73 Å². The maximum absolute atomic E-state index is 11.6. The second-order valence-corrected chi connectivity index (χ2v) is 5.44. The molecule has 1 N–H and O–H groups in total. The molecule has 0 saturated carbocycles. The van der Waals surface area contributed by atoms with Crippen molar-refractivity contribution in [1.82, 2.24) is 5.32 Å². The second-order valence-electron chi connectivity index (χ2n) is 5.44. The Bertz CT molecular complexity index is 813. The lowest BCUT2D eigenvalue weighted by Gasteiger charge is -2.10. The fraction of sp³-hybridized carbons (Fsp3) is 0.294. The number of carbonyl (C=O) groups is 2. The van der Waals surface area contributed by atoms with Crippen molar-refractivity contribution in [2.24, 2.45) is 0 Å².